The zero-order valence-electron chi connectivity index (χ0n) is 20.7. The topological polar surface area (TPSA) is 86.3 Å². The van der Waals surface area contributed by atoms with Gasteiger partial charge in [0.05, 0.1) is 38.6 Å². The van der Waals surface area contributed by atoms with Crippen LogP contribution in [0.15, 0.2) is 48.6 Å². The van der Waals surface area contributed by atoms with Crippen molar-refractivity contribution in [3.8, 4) is 23.0 Å². The lowest BCUT2D eigenvalue weighted by Gasteiger charge is -2.37. The van der Waals surface area contributed by atoms with Gasteiger partial charge in [-0.1, -0.05) is 33.4 Å². The Morgan fingerprint density at radius 1 is 0.970 bits per heavy atom. The SMILES string of the molecule is C=C(C(=O)O)C(Nc1ccc(OC)cc1OC)c1ccc(OC)c(O[Si](C)(C)C(C)(C)C)c1. The average Bonchev–Trinajstić information content (AvgIpc) is 2.75. The Hall–Kier alpha value is -3.13. The van der Waals surface area contributed by atoms with E-state index in [1.54, 1.807) is 51.7 Å². The fourth-order valence-electron chi connectivity index (χ4n) is 2.95. The molecule has 2 rings (SSSR count). The van der Waals surface area contributed by atoms with Crippen LogP contribution in [0.4, 0.5) is 5.69 Å². The van der Waals surface area contributed by atoms with E-state index in [1.807, 2.05) is 6.07 Å². The monoisotopic (exact) mass is 473 g/mol. The third-order valence-corrected chi connectivity index (χ3v) is 10.4. The molecule has 7 nitrogen and oxygen atoms in total. The summed E-state index contributed by atoms with van der Waals surface area (Å²) in [6.07, 6.45) is 0. The van der Waals surface area contributed by atoms with Crippen LogP contribution in [0.5, 0.6) is 23.0 Å². The Labute approximate surface area is 197 Å². The zero-order chi connectivity index (χ0) is 25.0. The minimum Gasteiger partial charge on any atom is -0.541 e. The second-order valence-corrected chi connectivity index (χ2v) is 14.0. The van der Waals surface area contributed by atoms with Gasteiger partial charge in [0.15, 0.2) is 5.75 Å². The van der Waals surface area contributed by atoms with Gasteiger partial charge in [0, 0.05) is 6.07 Å². The molecule has 180 valence electrons. The molecule has 33 heavy (non-hydrogen) atoms. The van der Waals surface area contributed by atoms with Gasteiger partial charge < -0.3 is 29.1 Å². The second kappa shape index (κ2) is 10.2. The lowest BCUT2D eigenvalue weighted by atomic mass is 9.98. The quantitative estimate of drug-likeness (QED) is 0.329. The first-order valence-corrected chi connectivity index (χ1v) is 13.5. The van der Waals surface area contributed by atoms with Gasteiger partial charge in [0.25, 0.3) is 8.32 Å². The van der Waals surface area contributed by atoms with Crippen molar-refractivity contribution in [3.05, 3.63) is 54.1 Å². The number of carbonyl (C=O) groups is 1. The fourth-order valence-corrected chi connectivity index (χ4v) is 3.96. The summed E-state index contributed by atoms with van der Waals surface area (Å²) < 4.78 is 22.8. The van der Waals surface area contributed by atoms with Crippen LogP contribution in [0, 0.1) is 0 Å². The van der Waals surface area contributed by atoms with Crippen LogP contribution < -0.4 is 24.0 Å². The van der Waals surface area contributed by atoms with E-state index in [2.05, 4.69) is 45.8 Å². The molecule has 0 spiro atoms. The number of methoxy groups -OCH3 is 3. The van der Waals surface area contributed by atoms with Crippen molar-refractivity contribution < 1.29 is 28.5 Å². The lowest BCUT2D eigenvalue weighted by molar-refractivity contribution is -0.132. The van der Waals surface area contributed by atoms with Crippen molar-refractivity contribution in [1.29, 1.82) is 0 Å². The number of carboxylic acid groups (broad SMARTS) is 1. The van der Waals surface area contributed by atoms with Gasteiger partial charge in [-0.25, -0.2) is 4.79 Å². The number of hydrogen-bond donors (Lipinski definition) is 2. The molecule has 0 saturated carbocycles. The summed E-state index contributed by atoms with van der Waals surface area (Å²) in [7, 11) is 2.52. The predicted octanol–water partition coefficient (Wildman–Crippen LogP) is 5.89. The van der Waals surface area contributed by atoms with Crippen LogP contribution in [-0.4, -0.2) is 40.7 Å². The zero-order valence-corrected chi connectivity index (χ0v) is 21.7. The van der Waals surface area contributed by atoms with Gasteiger partial charge in [-0.3, -0.25) is 0 Å². The molecule has 1 unspecified atom stereocenters. The van der Waals surface area contributed by atoms with Crippen molar-refractivity contribution in [2.24, 2.45) is 0 Å². The molecule has 0 aliphatic carbocycles. The highest BCUT2D eigenvalue weighted by molar-refractivity contribution is 6.74. The Morgan fingerprint density at radius 2 is 1.61 bits per heavy atom. The molecule has 0 aliphatic rings. The van der Waals surface area contributed by atoms with Gasteiger partial charge in [-0.15, -0.1) is 0 Å². The maximum absolute atomic E-state index is 11.9. The average molecular weight is 474 g/mol. The summed E-state index contributed by atoms with van der Waals surface area (Å²) in [5.74, 6) is 1.20. The largest absolute Gasteiger partial charge is 0.541 e. The summed E-state index contributed by atoms with van der Waals surface area (Å²) in [6.45, 7) is 14.6. The standard InChI is InChI=1S/C25H35NO6Si/c1-16(24(27)28)23(26-19-12-11-18(29-5)15-21(19)31-7)17-10-13-20(30-6)22(14-17)32-33(8,9)25(2,3)4/h10-15,23,26H,1H2,2-9H3,(H,27,28). The molecule has 0 radical (unpaired) electrons. The maximum atomic E-state index is 11.9. The molecular formula is C25H35NO6Si. The van der Waals surface area contributed by atoms with Crippen LogP contribution in [0.2, 0.25) is 18.1 Å². The number of anilines is 1. The molecule has 1 atom stereocenters. The van der Waals surface area contributed by atoms with Crippen molar-refractivity contribution in [2.75, 3.05) is 26.6 Å². The predicted molar refractivity (Wildman–Crippen MR) is 134 cm³/mol. The number of benzene rings is 2. The number of nitrogens with one attached hydrogen (secondary N) is 1. The minimum absolute atomic E-state index is 0.0173. The molecule has 0 fully saturated rings. The molecule has 0 saturated heterocycles. The molecule has 0 aromatic heterocycles. The molecule has 2 aromatic rings. The van der Waals surface area contributed by atoms with Gasteiger partial charge in [0.2, 0.25) is 0 Å². The Balaban J connectivity index is 2.55. The van der Waals surface area contributed by atoms with Gasteiger partial charge in [-0.2, -0.15) is 0 Å². The number of carboxylic acids is 1. The van der Waals surface area contributed by atoms with Gasteiger partial charge >= 0.3 is 5.97 Å². The fraction of sp³-hybridized carbons (Fsp3) is 0.400. The van der Waals surface area contributed by atoms with E-state index in [0.717, 1.165) is 0 Å². The molecule has 8 heteroatoms. The van der Waals surface area contributed by atoms with Crippen LogP contribution >= 0.6 is 0 Å². The Bertz CT molecular complexity index is 1010. The van der Waals surface area contributed by atoms with E-state index < -0.39 is 20.3 Å². The molecule has 0 aliphatic heterocycles. The third-order valence-electron chi connectivity index (χ3n) is 6.02. The highest BCUT2D eigenvalue weighted by atomic mass is 28.4. The summed E-state index contributed by atoms with van der Waals surface area (Å²) in [6, 6.07) is 9.94. The molecule has 0 bridgehead atoms. The number of aliphatic carboxylic acids is 1. The first kappa shape index (κ1) is 26.1. The Kier molecular flexibility index (Phi) is 8.08. The highest BCUT2D eigenvalue weighted by Crippen LogP contribution is 2.42. The lowest BCUT2D eigenvalue weighted by Crippen LogP contribution is -2.44. The second-order valence-electron chi connectivity index (χ2n) is 9.25. The highest BCUT2D eigenvalue weighted by Gasteiger charge is 2.39. The summed E-state index contributed by atoms with van der Waals surface area (Å²) in [5, 5.41) is 13.0. The number of ether oxygens (including phenoxy) is 3. The van der Waals surface area contributed by atoms with E-state index in [4.69, 9.17) is 18.6 Å². The van der Waals surface area contributed by atoms with Crippen molar-refractivity contribution >= 4 is 20.0 Å². The number of rotatable bonds is 10. The molecule has 0 amide bonds. The first-order valence-electron chi connectivity index (χ1n) is 10.6. The van der Waals surface area contributed by atoms with Crippen molar-refractivity contribution in [1.82, 2.24) is 0 Å². The smallest absolute Gasteiger partial charge is 0.333 e. The Morgan fingerprint density at radius 3 is 2.12 bits per heavy atom. The van der Waals surface area contributed by atoms with Crippen LogP contribution in [0.3, 0.4) is 0 Å². The van der Waals surface area contributed by atoms with E-state index in [1.165, 1.54) is 0 Å². The molecular weight excluding hydrogens is 438 g/mol. The van der Waals surface area contributed by atoms with Gasteiger partial charge in [-0.05, 0) is 48.0 Å². The van der Waals surface area contributed by atoms with Crippen LogP contribution in [0.1, 0.15) is 32.4 Å². The van der Waals surface area contributed by atoms with Gasteiger partial charge in [0.1, 0.15) is 17.2 Å². The van der Waals surface area contributed by atoms with Crippen molar-refractivity contribution in [2.45, 2.75) is 44.9 Å². The third kappa shape index (κ3) is 6.01. The van der Waals surface area contributed by atoms with E-state index in [0.29, 0.717) is 34.2 Å². The van der Waals surface area contributed by atoms with E-state index in [9.17, 15) is 9.90 Å². The minimum atomic E-state index is -2.17. The summed E-state index contributed by atoms with van der Waals surface area (Å²) in [4.78, 5) is 11.9. The molecule has 2 N–H and O–H groups in total. The van der Waals surface area contributed by atoms with Crippen LogP contribution in [0.25, 0.3) is 0 Å². The number of hydrogen-bond acceptors (Lipinski definition) is 6. The maximum Gasteiger partial charge on any atom is 0.333 e. The normalized spacial score (nSPS) is 12.5. The van der Waals surface area contributed by atoms with E-state index in [-0.39, 0.29) is 10.6 Å². The first-order chi connectivity index (χ1) is 15.3. The summed E-state index contributed by atoms with van der Waals surface area (Å²) >= 11 is 0. The van der Waals surface area contributed by atoms with Crippen molar-refractivity contribution in [3.63, 3.8) is 0 Å². The summed E-state index contributed by atoms with van der Waals surface area (Å²) in [5.41, 5.74) is 1.26. The van der Waals surface area contributed by atoms with E-state index >= 15 is 0 Å². The van der Waals surface area contributed by atoms with Crippen LogP contribution in [-0.2, 0) is 4.79 Å². The molecule has 2 aromatic carbocycles. The molecule has 0 heterocycles.